The summed E-state index contributed by atoms with van der Waals surface area (Å²) in [6.45, 7) is 0.169. The van der Waals surface area contributed by atoms with Crippen molar-refractivity contribution in [2.75, 3.05) is 7.11 Å². The van der Waals surface area contributed by atoms with Gasteiger partial charge in [-0.25, -0.2) is 13.6 Å². The third-order valence-electron chi connectivity index (χ3n) is 5.90. The fourth-order valence-corrected chi connectivity index (χ4v) is 4.65. The van der Waals surface area contributed by atoms with Crippen LogP contribution in [0, 0.1) is 11.6 Å². The van der Waals surface area contributed by atoms with E-state index in [1.54, 1.807) is 4.90 Å². The van der Waals surface area contributed by atoms with Crippen molar-refractivity contribution in [1.82, 2.24) is 4.90 Å². The number of ether oxygens (including phenoxy) is 2. The Labute approximate surface area is 167 Å². The van der Waals surface area contributed by atoms with Gasteiger partial charge < -0.3 is 19.5 Å². The standard InChI is InChI=1S/C22H23F2NO4/c1-28-20-18(9-15(23)10-19(20)24)22(27)11-16-7-8-17(12-22)25(16)21(26)29-13-14-5-3-2-4-6-14/h2-6,9-10,16-17,27H,7-8,11-13H2,1H3. The van der Waals surface area contributed by atoms with E-state index < -0.39 is 23.3 Å². The van der Waals surface area contributed by atoms with E-state index in [-0.39, 0.29) is 42.8 Å². The molecule has 0 saturated carbocycles. The number of hydrogen-bond acceptors (Lipinski definition) is 4. The first-order valence-corrected chi connectivity index (χ1v) is 9.66. The number of halogens is 2. The van der Waals surface area contributed by atoms with Crippen LogP contribution in [0.25, 0.3) is 0 Å². The topological polar surface area (TPSA) is 59.0 Å². The number of amides is 1. The Morgan fingerprint density at radius 2 is 1.83 bits per heavy atom. The van der Waals surface area contributed by atoms with Crippen LogP contribution in [0.2, 0.25) is 0 Å². The first-order valence-electron chi connectivity index (χ1n) is 9.66. The Bertz CT molecular complexity index is 891. The summed E-state index contributed by atoms with van der Waals surface area (Å²) in [7, 11) is 1.29. The first kappa shape index (κ1) is 19.6. The van der Waals surface area contributed by atoms with E-state index in [0.29, 0.717) is 12.8 Å². The van der Waals surface area contributed by atoms with Gasteiger partial charge in [-0.1, -0.05) is 30.3 Å². The van der Waals surface area contributed by atoms with E-state index in [1.807, 2.05) is 30.3 Å². The highest BCUT2D eigenvalue weighted by atomic mass is 19.1. The van der Waals surface area contributed by atoms with Gasteiger partial charge in [-0.05, 0) is 24.5 Å². The molecule has 2 atom stereocenters. The molecule has 1 amide bonds. The summed E-state index contributed by atoms with van der Waals surface area (Å²) in [4.78, 5) is 14.4. The van der Waals surface area contributed by atoms with Crippen LogP contribution in [0.1, 0.15) is 36.8 Å². The Kier molecular flexibility index (Phi) is 5.17. The van der Waals surface area contributed by atoms with Crippen molar-refractivity contribution in [2.45, 2.75) is 50.0 Å². The van der Waals surface area contributed by atoms with E-state index in [0.717, 1.165) is 17.7 Å². The minimum Gasteiger partial charge on any atom is -0.493 e. The predicted octanol–water partition coefficient (Wildman–Crippen LogP) is 4.12. The maximum absolute atomic E-state index is 14.2. The minimum atomic E-state index is -1.48. The Morgan fingerprint density at radius 1 is 1.17 bits per heavy atom. The van der Waals surface area contributed by atoms with Crippen molar-refractivity contribution < 1.29 is 28.2 Å². The van der Waals surface area contributed by atoms with Gasteiger partial charge in [-0.2, -0.15) is 0 Å². The monoisotopic (exact) mass is 403 g/mol. The largest absolute Gasteiger partial charge is 0.493 e. The van der Waals surface area contributed by atoms with Crippen molar-refractivity contribution >= 4 is 6.09 Å². The molecule has 0 aromatic heterocycles. The second-order valence-electron chi connectivity index (χ2n) is 7.74. The second-order valence-corrected chi connectivity index (χ2v) is 7.74. The Balaban J connectivity index is 1.52. The van der Waals surface area contributed by atoms with Crippen LogP contribution < -0.4 is 4.74 Å². The molecule has 5 nitrogen and oxygen atoms in total. The fourth-order valence-electron chi connectivity index (χ4n) is 4.65. The molecule has 0 radical (unpaired) electrons. The lowest BCUT2D eigenvalue weighted by molar-refractivity contribution is -0.0552. The number of carbonyl (C=O) groups is 1. The van der Waals surface area contributed by atoms with Crippen LogP contribution in [-0.4, -0.2) is 35.3 Å². The molecule has 2 unspecified atom stereocenters. The summed E-state index contributed by atoms with van der Waals surface area (Å²) in [6, 6.07) is 10.7. The smallest absolute Gasteiger partial charge is 0.410 e. The fraction of sp³-hybridized carbons (Fsp3) is 0.409. The molecule has 2 aromatic carbocycles. The number of benzene rings is 2. The predicted molar refractivity (Wildman–Crippen MR) is 101 cm³/mol. The van der Waals surface area contributed by atoms with Gasteiger partial charge in [0, 0.05) is 36.6 Å². The normalized spacial score (nSPS) is 25.7. The summed E-state index contributed by atoms with van der Waals surface area (Å²) in [5, 5.41) is 11.3. The molecule has 2 aromatic rings. The number of methoxy groups -OCH3 is 1. The molecule has 1 N–H and O–H groups in total. The molecule has 154 valence electrons. The van der Waals surface area contributed by atoms with Gasteiger partial charge in [0.05, 0.1) is 12.7 Å². The minimum absolute atomic E-state index is 0.0895. The van der Waals surface area contributed by atoms with Crippen molar-refractivity contribution in [1.29, 1.82) is 0 Å². The molecule has 2 fully saturated rings. The number of hydrogen-bond donors (Lipinski definition) is 1. The van der Waals surface area contributed by atoms with Crippen LogP contribution in [0.4, 0.5) is 13.6 Å². The molecular weight excluding hydrogens is 380 g/mol. The molecular formula is C22H23F2NO4. The second kappa shape index (κ2) is 7.63. The molecule has 4 rings (SSSR count). The van der Waals surface area contributed by atoms with Gasteiger partial charge in [0.1, 0.15) is 12.4 Å². The maximum Gasteiger partial charge on any atom is 0.410 e. The Morgan fingerprint density at radius 3 is 2.45 bits per heavy atom. The zero-order valence-corrected chi connectivity index (χ0v) is 16.1. The lowest BCUT2D eigenvalue weighted by Gasteiger charge is -2.43. The average Bonchev–Trinajstić information content (AvgIpc) is 2.98. The number of carbonyl (C=O) groups excluding carboxylic acids is 1. The summed E-state index contributed by atoms with van der Waals surface area (Å²) < 4.78 is 38.6. The van der Waals surface area contributed by atoms with Gasteiger partial charge in [0.25, 0.3) is 0 Å². The van der Waals surface area contributed by atoms with Gasteiger partial charge >= 0.3 is 6.09 Å². The summed E-state index contributed by atoms with van der Waals surface area (Å²) >= 11 is 0. The van der Waals surface area contributed by atoms with E-state index in [4.69, 9.17) is 9.47 Å². The molecule has 0 spiro atoms. The third kappa shape index (κ3) is 3.67. The molecule has 0 aliphatic carbocycles. The quantitative estimate of drug-likeness (QED) is 0.834. The van der Waals surface area contributed by atoms with E-state index in [1.165, 1.54) is 7.11 Å². The van der Waals surface area contributed by atoms with Gasteiger partial charge in [-0.3, -0.25) is 0 Å². The summed E-state index contributed by atoms with van der Waals surface area (Å²) in [6.07, 6.45) is 1.31. The van der Waals surface area contributed by atoms with Gasteiger partial charge in [0.15, 0.2) is 11.6 Å². The van der Waals surface area contributed by atoms with Crippen LogP contribution in [0.3, 0.4) is 0 Å². The molecule has 2 aliphatic rings. The molecule has 7 heteroatoms. The SMILES string of the molecule is COc1c(F)cc(F)cc1C1(O)CC2CCC(C1)N2C(=O)OCc1ccccc1. The molecule has 29 heavy (non-hydrogen) atoms. The molecule has 2 aliphatic heterocycles. The number of aliphatic hydroxyl groups is 1. The highest BCUT2D eigenvalue weighted by Crippen LogP contribution is 2.48. The average molecular weight is 403 g/mol. The number of rotatable bonds is 4. The van der Waals surface area contributed by atoms with Crippen molar-refractivity contribution in [3.8, 4) is 5.75 Å². The van der Waals surface area contributed by atoms with Crippen molar-refractivity contribution in [3.63, 3.8) is 0 Å². The highest BCUT2D eigenvalue weighted by molar-refractivity contribution is 5.69. The van der Waals surface area contributed by atoms with Crippen LogP contribution in [0.5, 0.6) is 5.75 Å². The van der Waals surface area contributed by atoms with E-state index in [2.05, 4.69) is 0 Å². The molecule has 2 bridgehead atoms. The van der Waals surface area contributed by atoms with E-state index in [9.17, 15) is 18.7 Å². The van der Waals surface area contributed by atoms with Crippen LogP contribution >= 0.6 is 0 Å². The maximum atomic E-state index is 14.2. The third-order valence-corrected chi connectivity index (χ3v) is 5.90. The van der Waals surface area contributed by atoms with E-state index >= 15 is 0 Å². The lowest BCUT2D eigenvalue weighted by Crippen LogP contribution is -2.52. The van der Waals surface area contributed by atoms with Crippen LogP contribution in [-0.2, 0) is 16.9 Å². The molecule has 2 saturated heterocycles. The van der Waals surface area contributed by atoms with Crippen LogP contribution in [0.15, 0.2) is 42.5 Å². The van der Waals surface area contributed by atoms with Crippen molar-refractivity contribution in [3.05, 3.63) is 65.2 Å². The Hall–Kier alpha value is -2.67. The zero-order valence-electron chi connectivity index (χ0n) is 16.1. The number of nitrogens with zero attached hydrogens (tertiary/aromatic N) is 1. The number of piperidine rings is 1. The summed E-state index contributed by atoms with van der Waals surface area (Å²) in [5.74, 6) is -1.79. The van der Waals surface area contributed by atoms with Gasteiger partial charge in [-0.15, -0.1) is 0 Å². The van der Waals surface area contributed by atoms with Crippen molar-refractivity contribution in [2.24, 2.45) is 0 Å². The lowest BCUT2D eigenvalue weighted by atomic mass is 9.80. The van der Waals surface area contributed by atoms with Gasteiger partial charge in [0.2, 0.25) is 0 Å². The number of fused-ring (bicyclic) bond motifs is 2. The first-order chi connectivity index (χ1) is 13.9. The summed E-state index contributed by atoms with van der Waals surface area (Å²) in [5.41, 5.74) is -0.496. The zero-order chi connectivity index (χ0) is 20.6. The highest BCUT2D eigenvalue weighted by Gasteiger charge is 2.51. The molecule has 2 heterocycles.